The zero-order chi connectivity index (χ0) is 19.9. The van der Waals surface area contributed by atoms with Gasteiger partial charge in [-0.25, -0.2) is 0 Å². The first kappa shape index (κ1) is 17.8. The van der Waals surface area contributed by atoms with E-state index in [2.05, 4.69) is 19.9 Å². The van der Waals surface area contributed by atoms with E-state index < -0.39 is 6.10 Å². The van der Waals surface area contributed by atoms with Gasteiger partial charge >= 0.3 is 0 Å². The normalized spacial score (nSPS) is 37.7. The van der Waals surface area contributed by atoms with Crippen LogP contribution in [0.2, 0.25) is 0 Å². The van der Waals surface area contributed by atoms with Crippen molar-refractivity contribution in [1.82, 2.24) is 0 Å². The minimum Gasteiger partial charge on any atom is -0.454 e. The summed E-state index contributed by atoms with van der Waals surface area (Å²) >= 11 is 0. The van der Waals surface area contributed by atoms with Crippen molar-refractivity contribution in [2.45, 2.75) is 63.9 Å². The number of ether oxygens (including phenoxy) is 2. The van der Waals surface area contributed by atoms with Crippen molar-refractivity contribution in [2.24, 2.45) is 16.7 Å². The van der Waals surface area contributed by atoms with Crippen LogP contribution < -0.4 is 9.47 Å². The van der Waals surface area contributed by atoms with Crippen LogP contribution in [-0.4, -0.2) is 11.9 Å². The smallest absolute Gasteiger partial charge is 0.231 e. The Morgan fingerprint density at radius 3 is 2.31 bits per heavy atom. The van der Waals surface area contributed by atoms with Gasteiger partial charge in [-0.2, -0.15) is 0 Å². The topological polar surface area (TPSA) is 38.7 Å². The molecule has 0 aromatic heterocycles. The third-order valence-corrected chi connectivity index (χ3v) is 8.12. The molecule has 1 aliphatic heterocycles. The van der Waals surface area contributed by atoms with Gasteiger partial charge < -0.3 is 14.6 Å². The number of aliphatic hydroxyl groups is 1. The highest BCUT2D eigenvalue weighted by Gasteiger charge is 2.61. The monoisotopic (exact) mass is 390 g/mol. The molecule has 3 heteroatoms. The highest BCUT2D eigenvalue weighted by atomic mass is 16.7. The molecule has 4 aliphatic carbocycles. The van der Waals surface area contributed by atoms with E-state index in [-0.39, 0.29) is 12.2 Å². The van der Waals surface area contributed by atoms with Gasteiger partial charge in [0.05, 0.1) is 0 Å². The Balaban J connectivity index is 1.49. The maximum Gasteiger partial charge on any atom is 0.231 e. The molecule has 0 spiro atoms. The quantitative estimate of drug-likeness (QED) is 0.726. The average Bonchev–Trinajstić information content (AvgIpc) is 3.13. The van der Waals surface area contributed by atoms with Crippen LogP contribution in [-0.2, 0) is 5.41 Å². The Morgan fingerprint density at radius 2 is 1.62 bits per heavy atom. The first-order valence-electron chi connectivity index (χ1n) is 11.0. The van der Waals surface area contributed by atoms with Gasteiger partial charge in [-0.05, 0) is 78.5 Å². The largest absolute Gasteiger partial charge is 0.454 e. The lowest BCUT2D eigenvalue weighted by Crippen LogP contribution is -2.56. The highest BCUT2D eigenvalue weighted by Crippen LogP contribution is 2.71. The van der Waals surface area contributed by atoms with Gasteiger partial charge in [-0.15, -0.1) is 0 Å². The van der Waals surface area contributed by atoms with Crippen LogP contribution >= 0.6 is 0 Å². The van der Waals surface area contributed by atoms with Crippen LogP contribution in [0.15, 0.2) is 42.5 Å². The van der Waals surface area contributed by atoms with Crippen LogP contribution in [0.25, 0.3) is 0 Å². The van der Waals surface area contributed by atoms with Crippen molar-refractivity contribution >= 4 is 0 Å². The molecule has 2 aromatic rings. The Kier molecular flexibility index (Phi) is 3.56. The Hall–Kier alpha value is -2.00. The van der Waals surface area contributed by atoms with E-state index in [0.717, 1.165) is 28.5 Å². The van der Waals surface area contributed by atoms with Gasteiger partial charge in [0, 0.05) is 11.0 Å². The predicted octanol–water partition coefficient (Wildman–Crippen LogP) is 5.75. The van der Waals surface area contributed by atoms with Gasteiger partial charge in [0.25, 0.3) is 0 Å². The SMILES string of the molecule is CC12CC3CC(C)(C1)CC(c1cc(C(O)c4ccccc4)cc4c1OCO4)(C3)C2. The molecular weight excluding hydrogens is 360 g/mol. The van der Waals surface area contributed by atoms with Gasteiger partial charge in [0.1, 0.15) is 6.10 Å². The molecule has 1 N–H and O–H groups in total. The number of rotatable bonds is 3. The van der Waals surface area contributed by atoms with E-state index in [1.165, 1.54) is 44.1 Å². The van der Waals surface area contributed by atoms with Crippen LogP contribution in [0.5, 0.6) is 11.5 Å². The summed E-state index contributed by atoms with van der Waals surface area (Å²) in [5.74, 6) is 2.55. The van der Waals surface area contributed by atoms with E-state index >= 15 is 0 Å². The predicted molar refractivity (Wildman–Crippen MR) is 112 cm³/mol. The lowest BCUT2D eigenvalue weighted by atomic mass is 9.39. The highest BCUT2D eigenvalue weighted by molar-refractivity contribution is 5.56. The molecule has 152 valence electrons. The summed E-state index contributed by atoms with van der Waals surface area (Å²) in [4.78, 5) is 0. The fourth-order valence-corrected chi connectivity index (χ4v) is 8.16. The van der Waals surface area contributed by atoms with Gasteiger partial charge in [0.2, 0.25) is 6.79 Å². The van der Waals surface area contributed by atoms with E-state index in [1.807, 2.05) is 36.4 Å². The fraction of sp³-hybridized carbons (Fsp3) is 0.538. The third kappa shape index (κ3) is 2.66. The molecule has 5 aliphatic rings. The summed E-state index contributed by atoms with van der Waals surface area (Å²) in [7, 11) is 0. The van der Waals surface area contributed by atoms with Gasteiger partial charge in [-0.1, -0.05) is 44.2 Å². The fourth-order valence-electron chi connectivity index (χ4n) is 8.16. The van der Waals surface area contributed by atoms with Crippen LogP contribution in [0.4, 0.5) is 0 Å². The van der Waals surface area contributed by atoms with E-state index in [0.29, 0.717) is 10.8 Å². The molecule has 4 bridgehead atoms. The molecule has 0 amide bonds. The lowest BCUT2D eigenvalue weighted by molar-refractivity contribution is -0.110. The second kappa shape index (κ2) is 5.78. The second-order valence-electron chi connectivity index (χ2n) is 11.0. The van der Waals surface area contributed by atoms with Crippen molar-refractivity contribution in [3.05, 3.63) is 59.2 Å². The van der Waals surface area contributed by atoms with Crippen LogP contribution in [0.1, 0.15) is 75.2 Å². The summed E-state index contributed by atoms with van der Waals surface area (Å²) in [6.07, 6.45) is 7.15. The number of hydrogen-bond acceptors (Lipinski definition) is 3. The Morgan fingerprint density at radius 1 is 0.897 bits per heavy atom. The standard InChI is InChI=1S/C26H30O3/c1-24-10-17-11-25(2,13-24)15-26(12-17,14-24)20-8-19(9-21-23(20)29-16-28-21)22(27)18-6-4-3-5-7-18/h3-9,17,22,27H,10-16H2,1-2H3. The van der Waals surface area contributed by atoms with Gasteiger partial charge in [-0.3, -0.25) is 0 Å². The molecule has 3 unspecified atom stereocenters. The molecule has 3 atom stereocenters. The average molecular weight is 391 g/mol. The van der Waals surface area contributed by atoms with Crippen molar-refractivity contribution in [3.8, 4) is 11.5 Å². The number of aliphatic hydroxyl groups excluding tert-OH is 1. The minimum atomic E-state index is -0.649. The Labute approximate surface area is 173 Å². The van der Waals surface area contributed by atoms with Crippen molar-refractivity contribution in [1.29, 1.82) is 0 Å². The third-order valence-electron chi connectivity index (χ3n) is 8.12. The molecule has 4 saturated carbocycles. The minimum absolute atomic E-state index is 0.146. The van der Waals surface area contributed by atoms with E-state index in [4.69, 9.17) is 9.47 Å². The number of benzene rings is 2. The van der Waals surface area contributed by atoms with Crippen molar-refractivity contribution in [3.63, 3.8) is 0 Å². The van der Waals surface area contributed by atoms with Crippen LogP contribution in [0, 0.1) is 16.7 Å². The zero-order valence-electron chi connectivity index (χ0n) is 17.4. The summed E-state index contributed by atoms with van der Waals surface area (Å²) in [5, 5.41) is 11.1. The number of fused-ring (bicyclic) bond motifs is 1. The molecular formula is C26H30O3. The maximum atomic E-state index is 11.1. The summed E-state index contributed by atoms with van der Waals surface area (Å²) in [6.45, 7) is 5.29. The summed E-state index contributed by atoms with van der Waals surface area (Å²) in [6, 6.07) is 14.1. The van der Waals surface area contributed by atoms with Crippen LogP contribution in [0.3, 0.4) is 0 Å². The summed E-state index contributed by atoms with van der Waals surface area (Å²) < 4.78 is 11.9. The first-order chi connectivity index (χ1) is 13.9. The second-order valence-corrected chi connectivity index (χ2v) is 11.0. The van der Waals surface area contributed by atoms with Gasteiger partial charge in [0.15, 0.2) is 11.5 Å². The number of hydrogen-bond donors (Lipinski definition) is 1. The molecule has 0 saturated heterocycles. The maximum absolute atomic E-state index is 11.1. The zero-order valence-corrected chi connectivity index (χ0v) is 17.4. The molecule has 7 rings (SSSR count). The molecule has 0 radical (unpaired) electrons. The molecule has 3 nitrogen and oxygen atoms in total. The van der Waals surface area contributed by atoms with Crippen molar-refractivity contribution in [2.75, 3.05) is 6.79 Å². The van der Waals surface area contributed by atoms with E-state index in [9.17, 15) is 5.11 Å². The van der Waals surface area contributed by atoms with E-state index in [1.54, 1.807) is 0 Å². The Bertz CT molecular complexity index is 947. The van der Waals surface area contributed by atoms with Crippen molar-refractivity contribution < 1.29 is 14.6 Å². The molecule has 4 fully saturated rings. The molecule has 29 heavy (non-hydrogen) atoms. The lowest BCUT2D eigenvalue weighted by Gasteiger charge is -2.65. The molecule has 2 aromatic carbocycles. The first-order valence-corrected chi connectivity index (χ1v) is 11.0. The molecule has 1 heterocycles. The summed E-state index contributed by atoms with van der Waals surface area (Å²) in [5.41, 5.74) is 4.12.